The fraction of sp³-hybridized carbons (Fsp3) is 0.167. The summed E-state index contributed by atoms with van der Waals surface area (Å²) in [4.78, 5) is 17.5. The van der Waals surface area contributed by atoms with Crippen LogP contribution in [0.4, 0.5) is 0 Å². The first-order chi connectivity index (χ1) is 14.1. The van der Waals surface area contributed by atoms with E-state index >= 15 is 0 Å². The second-order valence-electron chi connectivity index (χ2n) is 6.41. The van der Waals surface area contributed by atoms with Crippen molar-refractivity contribution in [2.45, 2.75) is 6.92 Å². The van der Waals surface area contributed by atoms with Gasteiger partial charge < -0.3 is 14.2 Å². The summed E-state index contributed by atoms with van der Waals surface area (Å²) in [5.41, 5.74) is 3.81. The minimum atomic E-state index is -0.399. The van der Waals surface area contributed by atoms with Gasteiger partial charge in [0.15, 0.2) is 11.5 Å². The molecule has 3 aromatic carbocycles. The van der Waals surface area contributed by atoms with Gasteiger partial charge >= 0.3 is 0 Å². The first-order valence-corrected chi connectivity index (χ1v) is 9.13. The first kappa shape index (κ1) is 20.1. The molecule has 0 unspecified atom stereocenters. The minimum absolute atomic E-state index is 0.347. The van der Waals surface area contributed by atoms with E-state index in [2.05, 4.69) is 4.99 Å². The number of hydrogen-bond acceptors (Lipinski definition) is 4. The molecule has 1 amide bonds. The number of ether oxygens (including phenoxy) is 3. The predicted molar refractivity (Wildman–Crippen MR) is 114 cm³/mol. The van der Waals surface area contributed by atoms with E-state index in [1.54, 1.807) is 12.1 Å². The van der Waals surface area contributed by atoms with Gasteiger partial charge in [-0.3, -0.25) is 4.79 Å². The van der Waals surface area contributed by atoms with Crippen LogP contribution in [0.15, 0.2) is 71.7 Å². The largest absolute Gasteiger partial charge is 0.493 e. The number of aryl methyl sites for hydroxylation is 1. The lowest BCUT2D eigenvalue weighted by Crippen LogP contribution is -2.08. The topological polar surface area (TPSA) is 57.1 Å². The molecule has 0 aliphatic heterocycles. The van der Waals surface area contributed by atoms with Crippen LogP contribution in [-0.4, -0.2) is 32.9 Å². The molecule has 5 nitrogen and oxygen atoms in total. The Morgan fingerprint density at radius 3 is 1.79 bits per heavy atom. The summed E-state index contributed by atoms with van der Waals surface area (Å²) in [6, 6.07) is 20.8. The summed E-state index contributed by atoms with van der Waals surface area (Å²) >= 11 is 0. The number of amides is 1. The summed E-state index contributed by atoms with van der Waals surface area (Å²) in [5.74, 6) is 0.838. The number of carbonyl (C=O) groups is 1. The molecular formula is C24H23NO4. The monoisotopic (exact) mass is 389 g/mol. The zero-order valence-corrected chi connectivity index (χ0v) is 16.9. The summed E-state index contributed by atoms with van der Waals surface area (Å²) in [6.45, 7) is 2.02. The van der Waals surface area contributed by atoms with E-state index < -0.39 is 5.91 Å². The quantitative estimate of drug-likeness (QED) is 0.574. The molecule has 3 rings (SSSR count). The van der Waals surface area contributed by atoms with E-state index in [-0.39, 0.29) is 0 Å². The molecular weight excluding hydrogens is 366 g/mol. The highest BCUT2D eigenvalue weighted by atomic mass is 16.5. The average Bonchev–Trinajstić information content (AvgIpc) is 2.77. The normalized spacial score (nSPS) is 11.1. The van der Waals surface area contributed by atoms with Crippen LogP contribution in [0.1, 0.15) is 27.0 Å². The molecule has 0 heterocycles. The number of aliphatic imine (C=N–C) groups is 1. The van der Waals surface area contributed by atoms with Crippen LogP contribution in [0.25, 0.3) is 0 Å². The smallest absolute Gasteiger partial charge is 0.277 e. The Bertz CT molecular complexity index is 1000. The molecule has 29 heavy (non-hydrogen) atoms. The summed E-state index contributed by atoms with van der Waals surface area (Å²) in [5, 5.41) is 0. The van der Waals surface area contributed by atoms with Gasteiger partial charge in [0, 0.05) is 16.7 Å². The van der Waals surface area contributed by atoms with Crippen LogP contribution in [0.3, 0.4) is 0 Å². The lowest BCUT2D eigenvalue weighted by molar-refractivity contribution is 0.100. The molecule has 0 aliphatic rings. The third-order valence-electron chi connectivity index (χ3n) is 4.50. The lowest BCUT2D eigenvalue weighted by Gasteiger charge is -2.13. The van der Waals surface area contributed by atoms with Crippen LogP contribution < -0.4 is 14.2 Å². The van der Waals surface area contributed by atoms with Crippen LogP contribution in [0, 0.1) is 6.92 Å². The molecule has 0 saturated heterocycles. The Balaban J connectivity index is 2.11. The van der Waals surface area contributed by atoms with Crippen LogP contribution in [0.5, 0.6) is 17.2 Å². The Labute approximate surface area is 170 Å². The summed E-state index contributed by atoms with van der Waals surface area (Å²) in [7, 11) is 4.54. The Hall–Kier alpha value is -3.60. The van der Waals surface area contributed by atoms with Crippen molar-refractivity contribution in [1.82, 2.24) is 0 Å². The van der Waals surface area contributed by atoms with E-state index in [4.69, 9.17) is 14.2 Å². The highest BCUT2D eigenvalue weighted by molar-refractivity contribution is 6.18. The van der Waals surface area contributed by atoms with Gasteiger partial charge in [0.05, 0.1) is 27.0 Å². The molecule has 0 bridgehead atoms. The Morgan fingerprint density at radius 2 is 1.28 bits per heavy atom. The zero-order valence-electron chi connectivity index (χ0n) is 16.9. The maximum Gasteiger partial charge on any atom is 0.277 e. The molecule has 0 fully saturated rings. The molecule has 148 valence electrons. The van der Waals surface area contributed by atoms with Gasteiger partial charge in [-0.05, 0) is 19.1 Å². The second-order valence-corrected chi connectivity index (χ2v) is 6.41. The van der Waals surface area contributed by atoms with Crippen molar-refractivity contribution in [3.8, 4) is 17.2 Å². The first-order valence-electron chi connectivity index (χ1n) is 9.13. The summed E-state index contributed by atoms with van der Waals surface area (Å²) < 4.78 is 16.0. The molecule has 0 radical (unpaired) electrons. The van der Waals surface area contributed by atoms with Crippen molar-refractivity contribution in [2.24, 2.45) is 4.99 Å². The van der Waals surface area contributed by atoms with Crippen molar-refractivity contribution in [1.29, 1.82) is 0 Å². The van der Waals surface area contributed by atoms with Gasteiger partial charge in [-0.1, -0.05) is 60.2 Å². The zero-order chi connectivity index (χ0) is 20.8. The molecule has 5 heteroatoms. The molecule has 0 aliphatic carbocycles. The number of methoxy groups -OCH3 is 3. The molecule has 0 aromatic heterocycles. The number of rotatable bonds is 6. The van der Waals surface area contributed by atoms with Crippen molar-refractivity contribution in [2.75, 3.05) is 21.3 Å². The second kappa shape index (κ2) is 9.06. The molecule has 0 saturated carbocycles. The Kier molecular flexibility index (Phi) is 6.29. The van der Waals surface area contributed by atoms with E-state index in [0.29, 0.717) is 28.5 Å². The standard InChI is InChI=1S/C24H23NO4/c1-16-10-12-18(13-11-16)22(17-8-6-5-7-9-17)25-24(26)19-14-20(27-2)23(29-4)21(15-19)28-3/h5-15H,1-4H3. The van der Waals surface area contributed by atoms with Crippen LogP contribution >= 0.6 is 0 Å². The van der Waals surface area contributed by atoms with Gasteiger partial charge in [-0.25, -0.2) is 4.99 Å². The number of hydrogen-bond donors (Lipinski definition) is 0. The lowest BCUT2D eigenvalue weighted by atomic mass is 10.0. The molecule has 0 N–H and O–H groups in total. The van der Waals surface area contributed by atoms with E-state index in [1.165, 1.54) is 21.3 Å². The Morgan fingerprint density at radius 1 is 0.724 bits per heavy atom. The number of benzene rings is 3. The van der Waals surface area contributed by atoms with E-state index in [1.807, 2.05) is 61.5 Å². The van der Waals surface area contributed by atoms with E-state index in [9.17, 15) is 4.79 Å². The SMILES string of the molecule is COc1cc(C(=O)N=C(c2ccccc2)c2ccc(C)cc2)cc(OC)c1OC. The highest BCUT2D eigenvalue weighted by Gasteiger charge is 2.18. The maximum absolute atomic E-state index is 13.1. The van der Waals surface area contributed by atoms with Gasteiger partial charge in [0.1, 0.15) is 0 Å². The fourth-order valence-corrected chi connectivity index (χ4v) is 2.97. The third kappa shape index (κ3) is 4.46. The number of nitrogens with zero attached hydrogens (tertiary/aromatic N) is 1. The summed E-state index contributed by atoms with van der Waals surface area (Å²) in [6.07, 6.45) is 0. The number of carbonyl (C=O) groups excluding carboxylic acids is 1. The third-order valence-corrected chi connectivity index (χ3v) is 4.50. The van der Waals surface area contributed by atoms with Crippen molar-refractivity contribution >= 4 is 11.6 Å². The predicted octanol–water partition coefficient (Wildman–Crippen LogP) is 4.70. The van der Waals surface area contributed by atoms with Gasteiger partial charge in [0.25, 0.3) is 5.91 Å². The van der Waals surface area contributed by atoms with E-state index in [0.717, 1.165) is 16.7 Å². The molecule has 3 aromatic rings. The minimum Gasteiger partial charge on any atom is -0.493 e. The highest BCUT2D eigenvalue weighted by Crippen LogP contribution is 2.38. The van der Waals surface area contributed by atoms with Crippen LogP contribution in [0.2, 0.25) is 0 Å². The maximum atomic E-state index is 13.1. The fourth-order valence-electron chi connectivity index (χ4n) is 2.97. The van der Waals surface area contributed by atoms with Gasteiger partial charge in [-0.2, -0.15) is 0 Å². The molecule has 0 atom stereocenters. The van der Waals surface area contributed by atoms with Crippen molar-refractivity contribution in [3.05, 3.63) is 89.0 Å². The molecule has 0 spiro atoms. The van der Waals surface area contributed by atoms with Crippen molar-refractivity contribution < 1.29 is 19.0 Å². The average molecular weight is 389 g/mol. The van der Waals surface area contributed by atoms with Crippen molar-refractivity contribution in [3.63, 3.8) is 0 Å². The van der Waals surface area contributed by atoms with Gasteiger partial charge in [-0.15, -0.1) is 0 Å². The van der Waals surface area contributed by atoms with Gasteiger partial charge in [0.2, 0.25) is 5.75 Å². The van der Waals surface area contributed by atoms with Crippen LogP contribution in [-0.2, 0) is 0 Å².